The molecule has 1 heterocycles. The number of aromatic nitrogens is 1. The smallest absolute Gasteiger partial charge is 0.129 e. The summed E-state index contributed by atoms with van der Waals surface area (Å²) in [6.07, 6.45) is 5.52. The van der Waals surface area contributed by atoms with Gasteiger partial charge in [-0.15, -0.1) is 0 Å². The molecule has 0 N–H and O–H groups in total. The molecular formula is C10H10ClN. The number of rotatable bonds is 1. The van der Waals surface area contributed by atoms with Gasteiger partial charge < -0.3 is 0 Å². The summed E-state index contributed by atoms with van der Waals surface area (Å²) >= 11 is 5.73. The number of nitrogens with zero attached hydrogens (tertiary/aromatic N) is 1. The molecule has 0 aliphatic heterocycles. The number of hydrogen-bond donors (Lipinski definition) is 0. The Morgan fingerprint density at radius 1 is 1.50 bits per heavy atom. The second kappa shape index (κ2) is 4.07. The summed E-state index contributed by atoms with van der Waals surface area (Å²) in [4.78, 5) is 4.14. The minimum Gasteiger partial charge on any atom is -0.236 e. The van der Waals surface area contributed by atoms with Crippen LogP contribution in [0.5, 0.6) is 0 Å². The van der Waals surface area contributed by atoms with Crippen molar-refractivity contribution in [2.24, 2.45) is 0 Å². The molecule has 2 heteroatoms. The van der Waals surface area contributed by atoms with Crippen molar-refractivity contribution < 1.29 is 0 Å². The first-order valence-electron chi connectivity index (χ1n) is 3.69. The van der Waals surface area contributed by atoms with E-state index in [9.17, 15) is 0 Å². The molecule has 0 saturated heterocycles. The van der Waals surface area contributed by atoms with Crippen molar-refractivity contribution in [3.05, 3.63) is 40.5 Å². The van der Waals surface area contributed by atoms with Crippen LogP contribution < -0.4 is 10.6 Å². The molecule has 0 aliphatic rings. The van der Waals surface area contributed by atoms with Crippen LogP contribution in [-0.2, 0) is 0 Å². The first-order valence-corrected chi connectivity index (χ1v) is 4.07. The predicted octanol–water partition coefficient (Wildman–Crippen LogP) is 1.50. The van der Waals surface area contributed by atoms with Crippen LogP contribution in [0.25, 0.3) is 12.2 Å². The number of allylic oxidation sites excluding steroid dienone is 1. The number of halogens is 1. The van der Waals surface area contributed by atoms with Gasteiger partial charge in [0.2, 0.25) is 0 Å². The predicted molar refractivity (Wildman–Crippen MR) is 53.3 cm³/mol. The lowest BCUT2D eigenvalue weighted by Gasteiger charge is -1.89. The Kier molecular flexibility index (Phi) is 3.06. The van der Waals surface area contributed by atoms with Crippen LogP contribution in [0.4, 0.5) is 0 Å². The average Bonchev–Trinajstić information content (AvgIpc) is 2.05. The van der Waals surface area contributed by atoms with E-state index in [4.69, 9.17) is 11.6 Å². The summed E-state index contributed by atoms with van der Waals surface area (Å²) in [5.74, 6) is 0. The molecule has 1 aromatic rings. The largest absolute Gasteiger partial charge is 0.236 e. The fourth-order valence-corrected chi connectivity index (χ4v) is 1.10. The van der Waals surface area contributed by atoms with Gasteiger partial charge in [-0.3, -0.25) is 0 Å². The third kappa shape index (κ3) is 1.95. The lowest BCUT2D eigenvalue weighted by atomic mass is 10.3. The molecule has 0 saturated carbocycles. The lowest BCUT2D eigenvalue weighted by Crippen LogP contribution is -2.27. The van der Waals surface area contributed by atoms with Gasteiger partial charge in [0.15, 0.2) is 0 Å². The van der Waals surface area contributed by atoms with Crippen LogP contribution in [0.2, 0.25) is 5.15 Å². The van der Waals surface area contributed by atoms with Crippen LogP contribution in [-0.4, -0.2) is 4.98 Å². The van der Waals surface area contributed by atoms with Crippen LogP contribution in [0, 0.1) is 0 Å². The summed E-state index contributed by atoms with van der Waals surface area (Å²) in [7, 11) is 0. The maximum atomic E-state index is 5.73. The zero-order valence-electron chi connectivity index (χ0n) is 6.92. The van der Waals surface area contributed by atoms with E-state index in [1.807, 2.05) is 25.1 Å². The first kappa shape index (κ1) is 9.01. The van der Waals surface area contributed by atoms with Crippen molar-refractivity contribution in [3.8, 4) is 0 Å². The van der Waals surface area contributed by atoms with Crippen LogP contribution in [0.15, 0.2) is 24.8 Å². The molecule has 1 nitrogen and oxygen atoms in total. The van der Waals surface area contributed by atoms with Gasteiger partial charge in [0.05, 0.1) is 5.35 Å². The third-order valence-electron chi connectivity index (χ3n) is 1.51. The maximum Gasteiger partial charge on any atom is 0.129 e. The maximum absolute atomic E-state index is 5.73. The summed E-state index contributed by atoms with van der Waals surface area (Å²) < 4.78 is 0. The zero-order valence-corrected chi connectivity index (χ0v) is 7.67. The highest BCUT2D eigenvalue weighted by molar-refractivity contribution is 6.29. The Morgan fingerprint density at radius 3 is 2.83 bits per heavy atom. The molecular weight excluding hydrogens is 170 g/mol. The number of pyridine rings is 1. The van der Waals surface area contributed by atoms with E-state index in [0.717, 1.165) is 10.6 Å². The van der Waals surface area contributed by atoms with Crippen molar-refractivity contribution >= 4 is 23.8 Å². The highest BCUT2D eigenvalue weighted by Crippen LogP contribution is 1.94. The summed E-state index contributed by atoms with van der Waals surface area (Å²) in [6, 6.07) is 3.71. The van der Waals surface area contributed by atoms with Crippen LogP contribution >= 0.6 is 11.6 Å². The summed E-state index contributed by atoms with van der Waals surface area (Å²) in [5, 5.41) is 2.44. The second-order valence-corrected chi connectivity index (χ2v) is 2.69. The van der Waals surface area contributed by atoms with E-state index < -0.39 is 0 Å². The molecule has 0 amide bonds. The third-order valence-corrected chi connectivity index (χ3v) is 1.72. The Morgan fingerprint density at radius 2 is 2.25 bits per heavy atom. The fraction of sp³-hybridized carbons (Fsp3) is 0.100. The van der Waals surface area contributed by atoms with Gasteiger partial charge in [0.25, 0.3) is 0 Å². The Labute approximate surface area is 76.7 Å². The molecule has 0 fully saturated rings. The normalized spacial score (nSPS) is 13.5. The molecule has 0 aliphatic carbocycles. The van der Waals surface area contributed by atoms with E-state index in [1.54, 1.807) is 12.1 Å². The van der Waals surface area contributed by atoms with Crippen molar-refractivity contribution in [2.75, 3.05) is 0 Å². The fourth-order valence-electron chi connectivity index (χ4n) is 0.950. The molecule has 0 aromatic carbocycles. The monoisotopic (exact) mass is 179 g/mol. The average molecular weight is 180 g/mol. The van der Waals surface area contributed by atoms with Crippen molar-refractivity contribution in [1.29, 1.82) is 0 Å². The lowest BCUT2D eigenvalue weighted by molar-refractivity contribution is 1.22. The van der Waals surface area contributed by atoms with Crippen LogP contribution in [0.3, 0.4) is 0 Å². The van der Waals surface area contributed by atoms with Gasteiger partial charge in [0.1, 0.15) is 5.15 Å². The Hall–Kier alpha value is -1.08. The van der Waals surface area contributed by atoms with Gasteiger partial charge in [-0.1, -0.05) is 36.4 Å². The van der Waals surface area contributed by atoms with Gasteiger partial charge in [0, 0.05) is 0 Å². The highest BCUT2D eigenvalue weighted by Gasteiger charge is 1.87. The highest BCUT2D eigenvalue weighted by atomic mass is 35.5. The summed E-state index contributed by atoms with van der Waals surface area (Å²) in [6.45, 7) is 5.57. The standard InChI is InChI=1S/C10H10ClN/c1-3-5-9-8(4-2)6-7-10(11)12-9/h3-7H,1H2,2H3/b8-4-,9-5+. The van der Waals surface area contributed by atoms with Crippen molar-refractivity contribution in [1.82, 2.24) is 4.98 Å². The van der Waals surface area contributed by atoms with Crippen molar-refractivity contribution in [3.63, 3.8) is 0 Å². The molecule has 0 bridgehead atoms. The van der Waals surface area contributed by atoms with E-state index in [-0.39, 0.29) is 0 Å². The topological polar surface area (TPSA) is 12.9 Å². The summed E-state index contributed by atoms with van der Waals surface area (Å²) in [5.41, 5.74) is 0. The minimum absolute atomic E-state index is 0.508. The molecule has 12 heavy (non-hydrogen) atoms. The van der Waals surface area contributed by atoms with Gasteiger partial charge in [-0.2, -0.15) is 0 Å². The zero-order chi connectivity index (χ0) is 8.97. The van der Waals surface area contributed by atoms with Crippen LogP contribution in [0.1, 0.15) is 6.92 Å². The molecule has 62 valence electrons. The Balaban J connectivity index is 3.53. The Bertz CT molecular complexity index is 393. The minimum atomic E-state index is 0.508. The number of hydrogen-bond acceptors (Lipinski definition) is 1. The second-order valence-electron chi connectivity index (χ2n) is 2.30. The SMILES string of the molecule is C=C/C=c1/nc(Cl)cc/c1=C/C. The van der Waals surface area contributed by atoms with Gasteiger partial charge in [-0.25, -0.2) is 4.98 Å². The molecule has 0 unspecified atom stereocenters. The molecule has 1 aromatic heterocycles. The van der Waals surface area contributed by atoms with E-state index in [2.05, 4.69) is 11.6 Å². The molecule has 0 atom stereocenters. The molecule has 0 spiro atoms. The van der Waals surface area contributed by atoms with Gasteiger partial charge in [-0.05, 0) is 24.3 Å². The van der Waals surface area contributed by atoms with E-state index in [0.29, 0.717) is 5.15 Å². The van der Waals surface area contributed by atoms with E-state index in [1.165, 1.54) is 0 Å². The van der Waals surface area contributed by atoms with Crippen molar-refractivity contribution in [2.45, 2.75) is 6.92 Å². The van der Waals surface area contributed by atoms with E-state index >= 15 is 0 Å². The quantitative estimate of drug-likeness (QED) is 0.596. The van der Waals surface area contributed by atoms with Gasteiger partial charge >= 0.3 is 0 Å². The molecule has 1 rings (SSSR count). The first-order chi connectivity index (χ1) is 5.77. The molecule has 0 radical (unpaired) electrons.